The van der Waals surface area contributed by atoms with Gasteiger partial charge in [0.15, 0.2) is 5.96 Å². The number of rotatable bonds is 11. The lowest BCUT2D eigenvalue weighted by Crippen LogP contribution is -2.46. The van der Waals surface area contributed by atoms with Crippen molar-refractivity contribution in [1.82, 2.24) is 15.5 Å². The van der Waals surface area contributed by atoms with E-state index in [9.17, 15) is 4.79 Å². The number of hydrogen-bond donors (Lipinski definition) is 3. The smallest absolute Gasteiger partial charge is 0.238 e. The average Bonchev–Trinajstić information content (AvgIpc) is 2.64. The molecule has 0 spiro atoms. The van der Waals surface area contributed by atoms with Crippen LogP contribution in [0.25, 0.3) is 0 Å². The highest BCUT2D eigenvalue weighted by molar-refractivity contribution is 14.0. The van der Waals surface area contributed by atoms with E-state index in [4.69, 9.17) is 9.73 Å². The molecule has 8 heteroatoms. The SMILES string of the molecule is CCNC(=NCc1cccc(NC(=O)CN(C)C)c1)NCC1(CCOC)CCC1.I. The minimum Gasteiger partial charge on any atom is -0.385 e. The summed E-state index contributed by atoms with van der Waals surface area (Å²) in [7, 11) is 5.52. The van der Waals surface area contributed by atoms with Crippen LogP contribution in [-0.2, 0) is 16.1 Å². The van der Waals surface area contributed by atoms with E-state index in [1.54, 1.807) is 7.11 Å². The highest BCUT2D eigenvalue weighted by atomic mass is 127. The molecule has 170 valence electrons. The molecule has 0 aliphatic heterocycles. The minimum absolute atomic E-state index is 0. The standard InChI is InChI=1S/C22H37N5O2.HI/c1-5-23-21(25-17-22(10-7-11-22)12-13-29-4)24-15-18-8-6-9-19(14-18)26-20(28)16-27(2)3;/h6,8-9,14H,5,7,10-13,15-17H2,1-4H3,(H,26,28)(H2,23,24,25);1H. The van der Waals surface area contributed by atoms with Gasteiger partial charge >= 0.3 is 0 Å². The van der Waals surface area contributed by atoms with E-state index in [1.165, 1.54) is 19.3 Å². The van der Waals surface area contributed by atoms with Crippen molar-refractivity contribution in [2.24, 2.45) is 10.4 Å². The van der Waals surface area contributed by atoms with E-state index in [0.717, 1.165) is 43.3 Å². The van der Waals surface area contributed by atoms with Gasteiger partial charge in [-0.3, -0.25) is 4.79 Å². The number of carbonyl (C=O) groups excluding carboxylic acids is 1. The number of nitrogens with one attached hydrogen (secondary N) is 3. The van der Waals surface area contributed by atoms with E-state index in [0.29, 0.717) is 18.5 Å². The number of ether oxygens (including phenoxy) is 1. The predicted octanol–water partition coefficient (Wildman–Crippen LogP) is 3.07. The monoisotopic (exact) mass is 531 g/mol. The van der Waals surface area contributed by atoms with Crippen LogP contribution in [0.2, 0.25) is 0 Å². The maximum Gasteiger partial charge on any atom is 0.238 e. The number of methoxy groups -OCH3 is 1. The van der Waals surface area contributed by atoms with E-state index in [-0.39, 0.29) is 29.9 Å². The Morgan fingerprint density at radius 2 is 2.03 bits per heavy atom. The number of hydrogen-bond acceptors (Lipinski definition) is 4. The molecule has 30 heavy (non-hydrogen) atoms. The summed E-state index contributed by atoms with van der Waals surface area (Å²) in [5, 5.41) is 9.78. The molecule has 0 saturated heterocycles. The molecule has 0 unspecified atom stereocenters. The van der Waals surface area contributed by atoms with Gasteiger partial charge in [0.05, 0.1) is 13.1 Å². The second kappa shape index (κ2) is 13.8. The van der Waals surface area contributed by atoms with E-state index < -0.39 is 0 Å². The Hall–Kier alpha value is -1.39. The molecule has 0 atom stereocenters. The van der Waals surface area contributed by atoms with Gasteiger partial charge in [-0.25, -0.2) is 4.99 Å². The summed E-state index contributed by atoms with van der Waals surface area (Å²) in [6, 6.07) is 7.86. The molecule has 1 fully saturated rings. The Bertz CT molecular complexity index is 677. The number of carbonyl (C=O) groups is 1. The number of benzene rings is 1. The first kappa shape index (κ1) is 26.6. The third-order valence-electron chi connectivity index (χ3n) is 5.32. The largest absolute Gasteiger partial charge is 0.385 e. The molecule has 0 heterocycles. The summed E-state index contributed by atoms with van der Waals surface area (Å²) in [4.78, 5) is 18.5. The second-order valence-electron chi connectivity index (χ2n) is 8.13. The molecule has 0 bridgehead atoms. The molecular formula is C22H38IN5O2. The van der Waals surface area contributed by atoms with Gasteiger partial charge in [0.25, 0.3) is 0 Å². The molecule has 3 N–H and O–H groups in total. The molecule has 0 radical (unpaired) electrons. The van der Waals surface area contributed by atoms with Crippen molar-refractivity contribution in [3.8, 4) is 0 Å². The van der Waals surface area contributed by atoms with Crippen LogP contribution < -0.4 is 16.0 Å². The quantitative estimate of drug-likeness (QED) is 0.233. The number of amides is 1. The van der Waals surface area contributed by atoms with Gasteiger partial charge in [-0.2, -0.15) is 0 Å². The fourth-order valence-electron chi connectivity index (χ4n) is 3.53. The van der Waals surface area contributed by atoms with Crippen molar-refractivity contribution in [2.75, 3.05) is 52.8 Å². The fraction of sp³-hybridized carbons (Fsp3) is 0.636. The lowest BCUT2D eigenvalue weighted by Gasteiger charge is -2.42. The zero-order valence-corrected chi connectivity index (χ0v) is 21.1. The zero-order valence-electron chi connectivity index (χ0n) is 18.8. The van der Waals surface area contributed by atoms with Crippen LogP contribution in [0.5, 0.6) is 0 Å². The molecule has 1 aliphatic carbocycles. The van der Waals surface area contributed by atoms with Gasteiger partial charge in [0.2, 0.25) is 5.91 Å². The Labute approximate surface area is 198 Å². The van der Waals surface area contributed by atoms with Gasteiger partial charge in [0.1, 0.15) is 0 Å². The van der Waals surface area contributed by atoms with Crippen molar-refractivity contribution < 1.29 is 9.53 Å². The highest BCUT2D eigenvalue weighted by Gasteiger charge is 2.36. The molecule has 1 aromatic rings. The van der Waals surface area contributed by atoms with Crippen LogP contribution >= 0.6 is 24.0 Å². The number of guanidine groups is 1. The Morgan fingerprint density at radius 3 is 2.63 bits per heavy atom. The van der Waals surface area contributed by atoms with Gasteiger partial charge in [-0.05, 0) is 63.4 Å². The third kappa shape index (κ3) is 9.18. The molecule has 1 amide bonds. The number of likely N-dealkylation sites (N-methyl/N-ethyl adjacent to an activating group) is 1. The normalized spacial score (nSPS) is 15.2. The lowest BCUT2D eigenvalue weighted by molar-refractivity contribution is -0.116. The third-order valence-corrected chi connectivity index (χ3v) is 5.32. The molecule has 1 saturated carbocycles. The molecule has 1 aliphatic rings. The summed E-state index contributed by atoms with van der Waals surface area (Å²) in [5.41, 5.74) is 2.20. The topological polar surface area (TPSA) is 78.0 Å². The summed E-state index contributed by atoms with van der Waals surface area (Å²) < 4.78 is 5.29. The number of halogens is 1. The van der Waals surface area contributed by atoms with Gasteiger partial charge < -0.3 is 25.6 Å². The first-order valence-corrected chi connectivity index (χ1v) is 10.5. The average molecular weight is 531 g/mol. The van der Waals surface area contributed by atoms with Crippen molar-refractivity contribution in [1.29, 1.82) is 0 Å². The first-order valence-electron chi connectivity index (χ1n) is 10.5. The molecule has 0 aromatic heterocycles. The van der Waals surface area contributed by atoms with Gasteiger partial charge in [-0.15, -0.1) is 24.0 Å². The summed E-state index contributed by atoms with van der Waals surface area (Å²) in [6.07, 6.45) is 4.88. The van der Waals surface area contributed by atoms with E-state index in [1.807, 2.05) is 43.3 Å². The van der Waals surface area contributed by atoms with E-state index >= 15 is 0 Å². The number of anilines is 1. The Morgan fingerprint density at radius 1 is 1.27 bits per heavy atom. The van der Waals surface area contributed by atoms with Crippen molar-refractivity contribution in [3.05, 3.63) is 29.8 Å². The first-order chi connectivity index (χ1) is 14.0. The van der Waals surface area contributed by atoms with Gasteiger partial charge in [0, 0.05) is 32.5 Å². The van der Waals surface area contributed by atoms with Crippen molar-refractivity contribution in [3.63, 3.8) is 0 Å². The zero-order chi connectivity index (χ0) is 21.1. The van der Waals surface area contributed by atoms with Crippen LogP contribution in [0.15, 0.2) is 29.3 Å². The molecule has 7 nitrogen and oxygen atoms in total. The number of nitrogens with zero attached hydrogens (tertiary/aromatic N) is 2. The molecule has 2 rings (SSSR count). The maximum atomic E-state index is 12.0. The summed E-state index contributed by atoms with van der Waals surface area (Å²) in [6.45, 7) is 5.53. The Kier molecular flexibility index (Phi) is 12.3. The predicted molar refractivity (Wildman–Crippen MR) is 135 cm³/mol. The molecular weight excluding hydrogens is 493 g/mol. The van der Waals surface area contributed by atoms with Crippen LogP contribution in [0.1, 0.15) is 38.2 Å². The second-order valence-corrected chi connectivity index (χ2v) is 8.13. The lowest BCUT2D eigenvalue weighted by atomic mass is 9.67. The summed E-state index contributed by atoms with van der Waals surface area (Å²) in [5.74, 6) is 0.811. The van der Waals surface area contributed by atoms with Crippen LogP contribution in [0.4, 0.5) is 5.69 Å². The Balaban J connectivity index is 0.00000450. The summed E-state index contributed by atoms with van der Waals surface area (Å²) >= 11 is 0. The fourth-order valence-corrected chi connectivity index (χ4v) is 3.53. The highest BCUT2D eigenvalue weighted by Crippen LogP contribution is 2.43. The van der Waals surface area contributed by atoms with Crippen molar-refractivity contribution >= 4 is 41.5 Å². The molecule has 1 aromatic carbocycles. The minimum atomic E-state index is -0.0208. The van der Waals surface area contributed by atoms with Crippen LogP contribution in [-0.4, -0.2) is 64.2 Å². The van der Waals surface area contributed by atoms with Crippen LogP contribution in [0.3, 0.4) is 0 Å². The van der Waals surface area contributed by atoms with Crippen LogP contribution in [0, 0.1) is 5.41 Å². The number of aliphatic imine (C=N–C) groups is 1. The van der Waals surface area contributed by atoms with Gasteiger partial charge in [-0.1, -0.05) is 18.6 Å². The van der Waals surface area contributed by atoms with Crippen molar-refractivity contribution in [2.45, 2.75) is 39.2 Å². The van der Waals surface area contributed by atoms with E-state index in [2.05, 4.69) is 22.9 Å². The maximum absolute atomic E-state index is 12.0.